The Kier molecular flexibility index (Phi) is 4.08. The maximum Gasteiger partial charge on any atom is 0.264 e. The number of hydrogen-bond donors (Lipinski definition) is 2. The number of anilines is 2. The molecule has 8 heteroatoms. The molecule has 20 heavy (non-hydrogen) atoms. The van der Waals surface area contributed by atoms with Crippen LogP contribution < -0.4 is 10.5 Å². The molecule has 0 radical (unpaired) electrons. The van der Waals surface area contributed by atoms with Crippen LogP contribution in [0.5, 0.6) is 0 Å². The van der Waals surface area contributed by atoms with Gasteiger partial charge in [0, 0.05) is 10.0 Å². The zero-order chi connectivity index (χ0) is 14.9. The van der Waals surface area contributed by atoms with Gasteiger partial charge in [0.1, 0.15) is 10.7 Å². The van der Waals surface area contributed by atoms with Crippen molar-refractivity contribution in [3.63, 3.8) is 0 Å². The zero-order valence-electron chi connectivity index (χ0n) is 9.90. The second-order valence-corrected chi connectivity index (χ2v) is 6.44. The van der Waals surface area contributed by atoms with Crippen LogP contribution in [0.25, 0.3) is 0 Å². The first kappa shape index (κ1) is 14.9. The molecule has 4 nitrogen and oxygen atoms in total. The van der Waals surface area contributed by atoms with Crippen LogP contribution in [0.15, 0.2) is 41.3 Å². The molecule has 0 aliphatic carbocycles. The monoisotopic (exact) mass is 334 g/mol. The molecule has 0 saturated heterocycles. The quantitative estimate of drug-likeness (QED) is 0.843. The normalized spacial score (nSPS) is 11.3. The molecular weight excluding hydrogens is 326 g/mol. The molecule has 0 bridgehead atoms. The van der Waals surface area contributed by atoms with E-state index in [4.69, 9.17) is 28.9 Å². The van der Waals surface area contributed by atoms with E-state index in [9.17, 15) is 12.8 Å². The Labute approximate surface area is 125 Å². The number of nitrogen functional groups attached to an aromatic ring is 1. The third-order valence-electron chi connectivity index (χ3n) is 2.44. The van der Waals surface area contributed by atoms with Gasteiger partial charge in [0.2, 0.25) is 0 Å². The Morgan fingerprint density at radius 1 is 1.05 bits per heavy atom. The summed E-state index contributed by atoms with van der Waals surface area (Å²) in [5.41, 5.74) is 5.34. The average Bonchev–Trinajstić information content (AvgIpc) is 2.36. The summed E-state index contributed by atoms with van der Waals surface area (Å²) < 4.78 is 40.0. The van der Waals surface area contributed by atoms with E-state index in [0.29, 0.717) is 0 Å². The van der Waals surface area contributed by atoms with Crippen LogP contribution in [0.1, 0.15) is 0 Å². The van der Waals surface area contributed by atoms with Gasteiger partial charge in [-0.15, -0.1) is 0 Å². The minimum absolute atomic E-state index is 0.00402. The molecule has 0 heterocycles. The SMILES string of the molecule is Nc1ccc(Cl)cc1S(=O)(=O)Nc1cc(Cl)ccc1F. The highest BCUT2D eigenvalue weighted by molar-refractivity contribution is 7.92. The average molecular weight is 335 g/mol. The highest BCUT2D eigenvalue weighted by atomic mass is 35.5. The second-order valence-electron chi connectivity index (χ2n) is 3.91. The van der Waals surface area contributed by atoms with Crippen molar-refractivity contribution in [2.24, 2.45) is 0 Å². The molecule has 0 aliphatic heterocycles. The Morgan fingerprint density at radius 3 is 2.35 bits per heavy atom. The van der Waals surface area contributed by atoms with Gasteiger partial charge in [-0.2, -0.15) is 0 Å². The summed E-state index contributed by atoms with van der Waals surface area (Å²) in [5.74, 6) is -0.751. The summed E-state index contributed by atoms with van der Waals surface area (Å²) in [4.78, 5) is -0.232. The highest BCUT2D eigenvalue weighted by Gasteiger charge is 2.19. The van der Waals surface area contributed by atoms with Crippen molar-refractivity contribution in [3.8, 4) is 0 Å². The molecule has 0 unspecified atom stereocenters. The molecule has 3 N–H and O–H groups in total. The topological polar surface area (TPSA) is 72.2 Å². The number of benzene rings is 2. The van der Waals surface area contributed by atoms with Crippen LogP contribution in [0, 0.1) is 5.82 Å². The van der Waals surface area contributed by atoms with Crippen LogP contribution in [-0.4, -0.2) is 8.42 Å². The molecule has 2 aromatic rings. The van der Waals surface area contributed by atoms with E-state index in [1.165, 1.54) is 24.3 Å². The first-order valence-electron chi connectivity index (χ1n) is 5.32. The minimum Gasteiger partial charge on any atom is -0.398 e. The number of nitrogens with one attached hydrogen (secondary N) is 1. The largest absolute Gasteiger partial charge is 0.398 e. The summed E-state index contributed by atoms with van der Waals surface area (Å²) in [7, 11) is -4.06. The molecule has 0 fully saturated rings. The molecule has 0 aromatic heterocycles. The molecule has 106 valence electrons. The van der Waals surface area contributed by atoms with Gasteiger partial charge < -0.3 is 5.73 Å². The lowest BCUT2D eigenvalue weighted by molar-refractivity contribution is 0.599. The van der Waals surface area contributed by atoms with Gasteiger partial charge in [-0.05, 0) is 36.4 Å². The van der Waals surface area contributed by atoms with Gasteiger partial charge in [0.05, 0.1) is 11.4 Å². The predicted octanol–water partition coefficient (Wildman–Crippen LogP) is 3.52. The molecule has 0 atom stereocenters. The molecule has 0 saturated carbocycles. The number of hydrogen-bond acceptors (Lipinski definition) is 3. The number of sulfonamides is 1. The first-order valence-corrected chi connectivity index (χ1v) is 7.56. The number of halogens is 3. The van der Waals surface area contributed by atoms with Gasteiger partial charge in [-0.25, -0.2) is 12.8 Å². The van der Waals surface area contributed by atoms with E-state index in [2.05, 4.69) is 4.72 Å². The number of nitrogens with two attached hydrogens (primary N) is 1. The summed E-state index contributed by atoms with van der Waals surface area (Å²) in [6.45, 7) is 0. The fourth-order valence-electron chi connectivity index (χ4n) is 1.52. The molecule has 0 spiro atoms. The van der Waals surface area contributed by atoms with Gasteiger partial charge in [0.15, 0.2) is 0 Å². The second kappa shape index (κ2) is 5.47. The predicted molar refractivity (Wildman–Crippen MR) is 78.1 cm³/mol. The van der Waals surface area contributed by atoms with Crippen molar-refractivity contribution >= 4 is 44.6 Å². The standard InChI is InChI=1S/C12H9Cl2FN2O2S/c13-7-1-3-9(15)11(5-7)17-20(18,19)12-6-8(14)2-4-10(12)16/h1-6,17H,16H2. The van der Waals surface area contributed by atoms with Gasteiger partial charge in [-0.3, -0.25) is 4.72 Å². The minimum atomic E-state index is -4.06. The van der Waals surface area contributed by atoms with Crippen LogP contribution >= 0.6 is 23.2 Å². The Balaban J connectivity index is 2.46. The first-order chi connectivity index (χ1) is 9.29. The van der Waals surface area contributed by atoms with Crippen molar-refractivity contribution in [2.75, 3.05) is 10.5 Å². The summed E-state index contributed by atoms with van der Waals surface area (Å²) in [6.07, 6.45) is 0. The third-order valence-corrected chi connectivity index (χ3v) is 4.33. The Bertz CT molecular complexity index is 766. The van der Waals surface area contributed by atoms with E-state index < -0.39 is 15.8 Å². The fourth-order valence-corrected chi connectivity index (χ4v) is 3.14. The fraction of sp³-hybridized carbons (Fsp3) is 0. The zero-order valence-corrected chi connectivity index (χ0v) is 12.2. The molecule has 0 amide bonds. The molecule has 2 aromatic carbocycles. The molecule has 2 rings (SSSR count). The van der Waals surface area contributed by atoms with Crippen molar-refractivity contribution in [3.05, 3.63) is 52.3 Å². The van der Waals surface area contributed by atoms with E-state index in [1.807, 2.05) is 0 Å². The van der Waals surface area contributed by atoms with Gasteiger partial charge in [-0.1, -0.05) is 23.2 Å². The lowest BCUT2D eigenvalue weighted by atomic mass is 10.3. The summed E-state index contributed by atoms with van der Waals surface area (Å²) >= 11 is 11.4. The smallest absolute Gasteiger partial charge is 0.264 e. The van der Waals surface area contributed by atoms with Gasteiger partial charge in [0.25, 0.3) is 10.0 Å². The number of rotatable bonds is 3. The maximum atomic E-state index is 13.6. The van der Waals surface area contributed by atoms with E-state index in [0.717, 1.165) is 12.1 Å². The highest BCUT2D eigenvalue weighted by Crippen LogP contribution is 2.27. The summed E-state index contributed by atoms with van der Waals surface area (Å²) in [5, 5.41) is 0.398. The van der Waals surface area contributed by atoms with Crippen LogP contribution in [0.2, 0.25) is 10.0 Å². The lowest BCUT2D eigenvalue weighted by Gasteiger charge is -2.11. The van der Waals surface area contributed by atoms with Crippen LogP contribution in [0.4, 0.5) is 15.8 Å². The van der Waals surface area contributed by atoms with Crippen molar-refractivity contribution < 1.29 is 12.8 Å². The molecular formula is C12H9Cl2FN2O2S. The van der Waals surface area contributed by atoms with Crippen molar-refractivity contribution in [1.82, 2.24) is 0 Å². The maximum absolute atomic E-state index is 13.6. The van der Waals surface area contributed by atoms with E-state index >= 15 is 0 Å². The van der Waals surface area contributed by atoms with Crippen molar-refractivity contribution in [2.45, 2.75) is 4.90 Å². The third kappa shape index (κ3) is 3.15. The van der Waals surface area contributed by atoms with E-state index in [-0.39, 0.29) is 26.3 Å². The summed E-state index contributed by atoms with van der Waals surface area (Å²) in [6, 6.07) is 7.52. The molecule has 0 aliphatic rings. The van der Waals surface area contributed by atoms with Crippen LogP contribution in [0.3, 0.4) is 0 Å². The van der Waals surface area contributed by atoms with E-state index in [1.54, 1.807) is 0 Å². The van der Waals surface area contributed by atoms with Crippen LogP contribution in [-0.2, 0) is 10.0 Å². The Morgan fingerprint density at radius 2 is 1.65 bits per heavy atom. The lowest BCUT2D eigenvalue weighted by Crippen LogP contribution is -2.15. The van der Waals surface area contributed by atoms with Gasteiger partial charge >= 0.3 is 0 Å². The van der Waals surface area contributed by atoms with Crippen molar-refractivity contribution in [1.29, 1.82) is 0 Å². The Hall–Kier alpha value is -1.50.